The predicted molar refractivity (Wildman–Crippen MR) is 118 cm³/mol. The number of hydrogen-bond acceptors (Lipinski definition) is 3. The van der Waals surface area contributed by atoms with Gasteiger partial charge in [0.2, 0.25) is 0 Å². The number of piperidine rings is 1. The minimum absolute atomic E-state index is 0.0649. The summed E-state index contributed by atoms with van der Waals surface area (Å²) in [6.07, 6.45) is 4.14. The summed E-state index contributed by atoms with van der Waals surface area (Å²) in [5.74, 6) is 0.713. The van der Waals surface area contributed by atoms with E-state index in [1.165, 1.54) is 43.5 Å². The Morgan fingerprint density at radius 3 is 2.38 bits per heavy atom. The van der Waals surface area contributed by atoms with Crippen molar-refractivity contribution in [3.63, 3.8) is 0 Å². The van der Waals surface area contributed by atoms with Crippen LogP contribution in [0.25, 0.3) is 0 Å². The molecule has 1 N–H and O–H groups in total. The Labute approximate surface area is 175 Å². The summed E-state index contributed by atoms with van der Waals surface area (Å²) >= 11 is 0. The van der Waals surface area contributed by atoms with Crippen molar-refractivity contribution >= 4 is 5.91 Å². The first-order valence-electron chi connectivity index (χ1n) is 10.9. The largest absolute Gasteiger partial charge is 0.480 e. The fourth-order valence-electron chi connectivity index (χ4n) is 3.85. The van der Waals surface area contributed by atoms with Crippen molar-refractivity contribution in [2.75, 3.05) is 13.1 Å². The minimum Gasteiger partial charge on any atom is -0.480 e. The number of ether oxygens (including phenoxy) is 1. The van der Waals surface area contributed by atoms with Gasteiger partial charge in [-0.25, -0.2) is 0 Å². The van der Waals surface area contributed by atoms with E-state index in [9.17, 15) is 4.79 Å². The molecule has 0 aromatic heterocycles. The van der Waals surface area contributed by atoms with Crippen LogP contribution >= 0.6 is 0 Å². The van der Waals surface area contributed by atoms with Crippen molar-refractivity contribution in [2.45, 2.75) is 65.6 Å². The standard InChI is InChI=1S/C25H34N2O2/c1-4-23(29-24-13-8-19(2)16-20(24)3)25(28)26-17-21-9-11-22(12-10-21)18-27-14-6-5-7-15-27/h8-13,16,23H,4-7,14-15,17-18H2,1-3H3,(H,26,28)/t23-/m1/s1. The van der Waals surface area contributed by atoms with Crippen LogP contribution in [0.4, 0.5) is 0 Å². The van der Waals surface area contributed by atoms with Crippen molar-refractivity contribution in [1.29, 1.82) is 0 Å². The van der Waals surface area contributed by atoms with Gasteiger partial charge in [0, 0.05) is 13.1 Å². The normalized spacial score (nSPS) is 15.7. The molecular weight excluding hydrogens is 360 g/mol. The predicted octanol–water partition coefficient (Wildman–Crippen LogP) is 4.76. The van der Waals surface area contributed by atoms with Crippen molar-refractivity contribution in [2.24, 2.45) is 0 Å². The quantitative estimate of drug-likeness (QED) is 0.702. The van der Waals surface area contributed by atoms with Crippen molar-refractivity contribution in [3.8, 4) is 5.75 Å². The number of carbonyl (C=O) groups is 1. The molecule has 156 valence electrons. The van der Waals surface area contributed by atoms with Crippen LogP contribution in [0.5, 0.6) is 5.75 Å². The number of hydrogen-bond donors (Lipinski definition) is 1. The monoisotopic (exact) mass is 394 g/mol. The summed E-state index contributed by atoms with van der Waals surface area (Å²) in [5.41, 5.74) is 4.70. The van der Waals surface area contributed by atoms with Crippen LogP contribution in [0.15, 0.2) is 42.5 Å². The van der Waals surface area contributed by atoms with Gasteiger partial charge in [-0.05, 0) is 69.0 Å². The number of benzene rings is 2. The van der Waals surface area contributed by atoms with Gasteiger partial charge in [-0.2, -0.15) is 0 Å². The zero-order valence-corrected chi connectivity index (χ0v) is 18.0. The molecule has 0 unspecified atom stereocenters. The fraction of sp³-hybridized carbons (Fsp3) is 0.480. The molecule has 1 aliphatic heterocycles. The number of rotatable bonds is 8. The highest BCUT2D eigenvalue weighted by molar-refractivity contribution is 5.81. The van der Waals surface area contributed by atoms with Crippen LogP contribution < -0.4 is 10.1 Å². The molecule has 4 heteroatoms. The van der Waals surface area contributed by atoms with E-state index in [2.05, 4.69) is 47.5 Å². The van der Waals surface area contributed by atoms with Crippen LogP contribution in [-0.2, 0) is 17.9 Å². The molecule has 0 radical (unpaired) electrons. The van der Waals surface area contributed by atoms with Gasteiger partial charge in [-0.1, -0.05) is 55.3 Å². The molecule has 1 saturated heterocycles. The summed E-state index contributed by atoms with van der Waals surface area (Å²) in [6.45, 7) is 10.00. The van der Waals surface area contributed by atoms with Crippen LogP contribution in [0.3, 0.4) is 0 Å². The van der Waals surface area contributed by atoms with E-state index in [0.29, 0.717) is 13.0 Å². The number of amides is 1. The second kappa shape index (κ2) is 10.4. The molecule has 1 heterocycles. The first-order chi connectivity index (χ1) is 14.0. The Hall–Kier alpha value is -2.33. The Bertz CT molecular complexity index is 795. The van der Waals surface area contributed by atoms with Crippen LogP contribution in [0.2, 0.25) is 0 Å². The van der Waals surface area contributed by atoms with Gasteiger partial charge in [-0.15, -0.1) is 0 Å². The van der Waals surface area contributed by atoms with Crippen LogP contribution in [0, 0.1) is 13.8 Å². The lowest BCUT2D eigenvalue weighted by molar-refractivity contribution is -0.128. The van der Waals surface area contributed by atoms with Gasteiger partial charge in [0.25, 0.3) is 5.91 Å². The van der Waals surface area contributed by atoms with E-state index in [0.717, 1.165) is 23.4 Å². The van der Waals surface area contributed by atoms with E-state index in [1.807, 2.05) is 26.0 Å². The second-order valence-electron chi connectivity index (χ2n) is 8.15. The number of carbonyl (C=O) groups excluding carboxylic acids is 1. The third-order valence-electron chi connectivity index (χ3n) is 5.61. The number of likely N-dealkylation sites (tertiary alicyclic amines) is 1. The average molecular weight is 395 g/mol. The van der Waals surface area contributed by atoms with Gasteiger partial charge < -0.3 is 10.1 Å². The van der Waals surface area contributed by atoms with Gasteiger partial charge >= 0.3 is 0 Å². The lowest BCUT2D eigenvalue weighted by Gasteiger charge is -2.26. The van der Waals surface area contributed by atoms with E-state index in [-0.39, 0.29) is 5.91 Å². The molecule has 0 saturated carbocycles. The Balaban J connectivity index is 1.50. The Morgan fingerprint density at radius 1 is 1.03 bits per heavy atom. The van der Waals surface area contributed by atoms with Gasteiger partial charge in [0.1, 0.15) is 5.75 Å². The lowest BCUT2D eigenvalue weighted by Crippen LogP contribution is -2.37. The lowest BCUT2D eigenvalue weighted by atomic mass is 10.1. The summed E-state index contributed by atoms with van der Waals surface area (Å²) in [6, 6.07) is 14.6. The third-order valence-corrected chi connectivity index (χ3v) is 5.61. The maximum absolute atomic E-state index is 12.6. The second-order valence-corrected chi connectivity index (χ2v) is 8.15. The molecule has 1 fully saturated rings. The number of nitrogens with one attached hydrogen (secondary N) is 1. The molecule has 1 atom stereocenters. The first-order valence-corrected chi connectivity index (χ1v) is 10.9. The van der Waals surface area contributed by atoms with Crippen molar-refractivity contribution in [1.82, 2.24) is 10.2 Å². The molecule has 0 bridgehead atoms. The van der Waals surface area contributed by atoms with Crippen molar-refractivity contribution in [3.05, 3.63) is 64.7 Å². The van der Waals surface area contributed by atoms with Gasteiger partial charge in [0.15, 0.2) is 6.10 Å². The highest BCUT2D eigenvalue weighted by Crippen LogP contribution is 2.21. The van der Waals surface area contributed by atoms with Crippen LogP contribution in [0.1, 0.15) is 54.9 Å². The molecule has 0 aliphatic carbocycles. The molecule has 0 spiro atoms. The maximum Gasteiger partial charge on any atom is 0.261 e. The highest BCUT2D eigenvalue weighted by Gasteiger charge is 2.19. The molecule has 2 aromatic rings. The zero-order valence-electron chi connectivity index (χ0n) is 18.0. The van der Waals surface area contributed by atoms with E-state index >= 15 is 0 Å². The van der Waals surface area contributed by atoms with E-state index in [1.54, 1.807) is 0 Å². The first kappa shape index (κ1) is 21.4. The molecule has 29 heavy (non-hydrogen) atoms. The summed E-state index contributed by atoms with van der Waals surface area (Å²) < 4.78 is 5.99. The van der Waals surface area contributed by atoms with E-state index < -0.39 is 6.10 Å². The number of aryl methyl sites for hydroxylation is 2. The SMILES string of the molecule is CC[C@@H](Oc1ccc(C)cc1C)C(=O)NCc1ccc(CN2CCCCC2)cc1. The molecule has 4 nitrogen and oxygen atoms in total. The minimum atomic E-state index is -0.477. The summed E-state index contributed by atoms with van der Waals surface area (Å²) in [5, 5.41) is 3.03. The molecule has 2 aromatic carbocycles. The van der Waals surface area contributed by atoms with E-state index in [4.69, 9.17) is 4.74 Å². The highest BCUT2D eigenvalue weighted by atomic mass is 16.5. The number of nitrogens with zero attached hydrogens (tertiary/aromatic N) is 1. The van der Waals surface area contributed by atoms with Gasteiger partial charge in [-0.3, -0.25) is 9.69 Å². The maximum atomic E-state index is 12.6. The summed E-state index contributed by atoms with van der Waals surface area (Å²) in [4.78, 5) is 15.1. The van der Waals surface area contributed by atoms with Crippen LogP contribution in [-0.4, -0.2) is 30.0 Å². The molecule has 3 rings (SSSR count). The zero-order chi connectivity index (χ0) is 20.6. The Morgan fingerprint density at radius 2 is 1.72 bits per heavy atom. The summed E-state index contributed by atoms with van der Waals surface area (Å²) in [7, 11) is 0. The molecular formula is C25H34N2O2. The Kier molecular flexibility index (Phi) is 7.70. The third kappa shape index (κ3) is 6.33. The fourth-order valence-corrected chi connectivity index (χ4v) is 3.85. The van der Waals surface area contributed by atoms with Crippen molar-refractivity contribution < 1.29 is 9.53 Å². The topological polar surface area (TPSA) is 41.6 Å². The van der Waals surface area contributed by atoms with Gasteiger partial charge in [0.05, 0.1) is 0 Å². The molecule has 1 amide bonds. The average Bonchev–Trinajstić information content (AvgIpc) is 2.73. The smallest absolute Gasteiger partial charge is 0.261 e. The molecule has 1 aliphatic rings.